The number of hydrogen-bond donors (Lipinski definition) is 1. The minimum atomic E-state index is -0.481. The van der Waals surface area contributed by atoms with Crippen LogP contribution in [0.25, 0.3) is 11.0 Å². The number of nitrogens with zero attached hydrogens (tertiary/aromatic N) is 2. The Morgan fingerprint density at radius 2 is 1.94 bits per heavy atom. The Balaban J connectivity index is 1.86. The molecule has 0 aliphatic rings. The van der Waals surface area contributed by atoms with Crippen molar-refractivity contribution in [3.63, 3.8) is 0 Å². The van der Waals surface area contributed by atoms with Gasteiger partial charge in [0.05, 0.1) is 18.4 Å². The molecular weight excluding hydrogens is 462 g/mol. The second kappa shape index (κ2) is 8.93. The average Bonchev–Trinajstić information content (AvgIpc) is 2.79. The maximum Gasteiger partial charge on any atom is 0.337 e. The lowest BCUT2D eigenvalue weighted by atomic mass is 10.1. The number of benzene rings is 2. The topological polar surface area (TPSA) is 93.8 Å². The molecule has 4 rings (SSSR count). The number of anilines is 1. The summed E-state index contributed by atoms with van der Waals surface area (Å²) in [6.07, 6.45) is 1.58. The monoisotopic (exact) mass is 477 g/mol. The molecule has 0 radical (unpaired) electrons. The van der Waals surface area contributed by atoms with Crippen molar-refractivity contribution in [3.8, 4) is 0 Å². The van der Waals surface area contributed by atoms with Crippen molar-refractivity contribution in [2.24, 2.45) is 4.99 Å². The molecule has 2 aromatic heterocycles. The van der Waals surface area contributed by atoms with E-state index in [4.69, 9.17) is 9.15 Å². The molecule has 0 bridgehead atoms. The number of fused-ring (bicyclic) bond motifs is 1. The van der Waals surface area contributed by atoms with Gasteiger partial charge in [-0.25, -0.2) is 14.8 Å². The van der Waals surface area contributed by atoms with Crippen LogP contribution < -0.4 is 10.9 Å². The number of halogens is 1. The van der Waals surface area contributed by atoms with E-state index in [2.05, 4.69) is 31.2 Å². The van der Waals surface area contributed by atoms with Crippen molar-refractivity contribution in [3.05, 3.63) is 94.1 Å². The maximum absolute atomic E-state index is 13.0. The van der Waals surface area contributed by atoms with E-state index in [1.54, 1.807) is 60.8 Å². The second-order valence-corrected chi connectivity index (χ2v) is 7.39. The van der Waals surface area contributed by atoms with E-state index in [0.29, 0.717) is 22.7 Å². The molecule has 1 N–H and O–H groups in total. The fourth-order valence-corrected chi connectivity index (χ4v) is 3.28. The molecule has 0 unspecified atom stereocenters. The van der Waals surface area contributed by atoms with Gasteiger partial charge in [0.25, 0.3) is 5.91 Å². The molecule has 0 saturated heterocycles. The van der Waals surface area contributed by atoms with Crippen molar-refractivity contribution < 1.29 is 18.7 Å². The van der Waals surface area contributed by atoms with Crippen LogP contribution in [0.4, 0.5) is 11.5 Å². The van der Waals surface area contributed by atoms with Gasteiger partial charge in [0.1, 0.15) is 17.0 Å². The first kappa shape index (κ1) is 20.5. The number of hydrogen-bond acceptors (Lipinski definition) is 6. The van der Waals surface area contributed by atoms with Crippen molar-refractivity contribution >= 4 is 50.3 Å². The highest BCUT2D eigenvalue weighted by Gasteiger charge is 2.14. The largest absolute Gasteiger partial charge is 0.465 e. The van der Waals surface area contributed by atoms with Crippen LogP contribution in [0.3, 0.4) is 0 Å². The summed E-state index contributed by atoms with van der Waals surface area (Å²) in [4.78, 5) is 33.5. The Morgan fingerprint density at radius 1 is 1.06 bits per heavy atom. The lowest BCUT2D eigenvalue weighted by Crippen LogP contribution is -2.22. The third kappa shape index (κ3) is 4.70. The Morgan fingerprint density at radius 3 is 2.71 bits per heavy atom. The van der Waals surface area contributed by atoms with Crippen LogP contribution in [0, 0.1) is 0 Å². The zero-order valence-corrected chi connectivity index (χ0v) is 17.9. The third-order valence-electron chi connectivity index (χ3n) is 4.36. The molecule has 154 valence electrons. The summed E-state index contributed by atoms with van der Waals surface area (Å²) >= 11 is 3.43. The smallest absolute Gasteiger partial charge is 0.337 e. The number of pyridine rings is 1. The summed E-state index contributed by atoms with van der Waals surface area (Å²) in [5, 5.41) is 3.47. The van der Waals surface area contributed by atoms with Crippen molar-refractivity contribution in [2.75, 3.05) is 12.4 Å². The van der Waals surface area contributed by atoms with Gasteiger partial charge in [0.2, 0.25) is 5.55 Å². The maximum atomic E-state index is 13.0. The number of esters is 1. The summed E-state index contributed by atoms with van der Waals surface area (Å²) in [5.41, 5.74) is 1.66. The molecule has 2 aromatic carbocycles. The number of carbonyl (C=O) groups is 2. The Hall–Kier alpha value is -3.78. The van der Waals surface area contributed by atoms with E-state index >= 15 is 0 Å². The zero-order chi connectivity index (χ0) is 21.8. The number of aromatic nitrogens is 1. The highest BCUT2D eigenvalue weighted by Crippen LogP contribution is 2.21. The van der Waals surface area contributed by atoms with Crippen LogP contribution in [0.5, 0.6) is 0 Å². The highest BCUT2D eigenvalue weighted by atomic mass is 79.9. The molecule has 7 nitrogen and oxygen atoms in total. The van der Waals surface area contributed by atoms with Crippen molar-refractivity contribution in [1.82, 2.24) is 4.98 Å². The molecule has 0 aliphatic carbocycles. The number of rotatable bonds is 4. The van der Waals surface area contributed by atoms with Gasteiger partial charge in [-0.15, -0.1) is 0 Å². The molecule has 1 amide bonds. The van der Waals surface area contributed by atoms with Crippen LogP contribution in [0.2, 0.25) is 0 Å². The predicted molar refractivity (Wildman–Crippen MR) is 119 cm³/mol. The predicted octanol–water partition coefficient (Wildman–Crippen LogP) is 4.86. The molecule has 0 aliphatic heterocycles. The zero-order valence-electron chi connectivity index (χ0n) is 16.3. The van der Waals surface area contributed by atoms with Gasteiger partial charge in [-0.3, -0.25) is 4.79 Å². The molecule has 0 saturated carbocycles. The van der Waals surface area contributed by atoms with E-state index in [1.165, 1.54) is 7.11 Å². The Kier molecular flexibility index (Phi) is 5.90. The summed E-state index contributed by atoms with van der Waals surface area (Å²) in [6.45, 7) is 0. The van der Waals surface area contributed by atoms with E-state index in [0.717, 1.165) is 9.86 Å². The van der Waals surface area contributed by atoms with E-state index in [9.17, 15) is 9.59 Å². The molecule has 0 atom stereocenters. The number of carbonyl (C=O) groups excluding carboxylic acids is 2. The first-order chi connectivity index (χ1) is 15.0. The highest BCUT2D eigenvalue weighted by molar-refractivity contribution is 9.10. The Labute approximate surface area is 185 Å². The molecule has 0 spiro atoms. The van der Waals surface area contributed by atoms with Gasteiger partial charge < -0.3 is 14.5 Å². The van der Waals surface area contributed by atoms with E-state index < -0.39 is 11.9 Å². The second-order valence-electron chi connectivity index (χ2n) is 6.47. The normalized spacial score (nSPS) is 11.4. The van der Waals surface area contributed by atoms with Crippen molar-refractivity contribution in [2.45, 2.75) is 0 Å². The van der Waals surface area contributed by atoms with Gasteiger partial charge in [-0.2, -0.15) is 0 Å². The number of methoxy groups -OCH3 is 1. The number of nitrogens with one attached hydrogen (secondary N) is 1. The lowest BCUT2D eigenvalue weighted by Gasteiger charge is -2.07. The molecule has 0 fully saturated rings. The minimum absolute atomic E-state index is 0.102. The number of ether oxygens (including phenoxy) is 1. The van der Waals surface area contributed by atoms with Crippen LogP contribution in [-0.2, 0) is 4.74 Å². The summed E-state index contributed by atoms with van der Waals surface area (Å²) in [6, 6.07) is 18.9. The molecular formula is C23H16BrN3O4. The quantitative estimate of drug-likeness (QED) is 0.423. The van der Waals surface area contributed by atoms with E-state index in [-0.39, 0.29) is 11.1 Å². The fourth-order valence-electron chi connectivity index (χ4n) is 2.91. The van der Waals surface area contributed by atoms with Gasteiger partial charge in [-0.1, -0.05) is 28.1 Å². The molecule has 31 heavy (non-hydrogen) atoms. The first-order valence-electron chi connectivity index (χ1n) is 9.22. The third-order valence-corrected chi connectivity index (χ3v) is 4.85. The van der Waals surface area contributed by atoms with Crippen LogP contribution >= 0.6 is 15.9 Å². The standard InChI is InChI=1S/C23H16BrN3O4/c1-30-23(29)14-5-4-6-17(12-14)26-22-18(21(28)27-20-7-2-3-10-25-20)13-15-11-16(24)8-9-19(15)31-22/h2-13H,1H3,(H,25,27,28). The van der Waals surface area contributed by atoms with Crippen LogP contribution in [-0.4, -0.2) is 24.0 Å². The van der Waals surface area contributed by atoms with Gasteiger partial charge in [0, 0.05) is 16.1 Å². The average molecular weight is 478 g/mol. The van der Waals surface area contributed by atoms with Gasteiger partial charge in [-0.05, 0) is 54.6 Å². The van der Waals surface area contributed by atoms with Crippen LogP contribution in [0.1, 0.15) is 20.7 Å². The summed E-state index contributed by atoms with van der Waals surface area (Å²) in [5.74, 6) is -0.502. The fraction of sp³-hybridized carbons (Fsp3) is 0.0435. The van der Waals surface area contributed by atoms with Gasteiger partial charge >= 0.3 is 5.97 Å². The minimum Gasteiger partial charge on any atom is -0.465 e. The number of amides is 1. The van der Waals surface area contributed by atoms with Gasteiger partial charge in [0.15, 0.2) is 0 Å². The summed E-state index contributed by atoms with van der Waals surface area (Å²) < 4.78 is 11.6. The Bertz CT molecular complexity index is 1350. The first-order valence-corrected chi connectivity index (χ1v) is 10.0. The SMILES string of the molecule is COC(=O)c1cccc(N=c2oc3ccc(Br)cc3cc2C(=O)Nc2ccccn2)c1. The molecule has 8 heteroatoms. The lowest BCUT2D eigenvalue weighted by molar-refractivity contribution is 0.0600. The molecule has 4 aromatic rings. The summed E-state index contributed by atoms with van der Waals surface area (Å²) in [7, 11) is 1.31. The van der Waals surface area contributed by atoms with E-state index in [1.807, 2.05) is 12.1 Å². The molecule has 2 heterocycles. The van der Waals surface area contributed by atoms with Crippen molar-refractivity contribution in [1.29, 1.82) is 0 Å². The van der Waals surface area contributed by atoms with Crippen LogP contribution in [0.15, 0.2) is 86.8 Å².